The van der Waals surface area contributed by atoms with Gasteiger partial charge in [-0.25, -0.2) is 15.0 Å². The third kappa shape index (κ3) is 3.93. The molecule has 31 heavy (non-hydrogen) atoms. The molecule has 0 atom stereocenters. The van der Waals surface area contributed by atoms with Gasteiger partial charge in [0, 0.05) is 24.5 Å². The Morgan fingerprint density at radius 1 is 1.16 bits per heavy atom. The van der Waals surface area contributed by atoms with Crippen molar-refractivity contribution in [2.45, 2.75) is 26.7 Å². The van der Waals surface area contributed by atoms with Crippen LogP contribution in [0.15, 0.2) is 30.6 Å². The fourth-order valence-corrected chi connectivity index (χ4v) is 4.46. The molecule has 158 valence electrons. The zero-order valence-electron chi connectivity index (χ0n) is 17.3. The van der Waals surface area contributed by atoms with Crippen molar-refractivity contribution in [1.29, 1.82) is 0 Å². The highest BCUT2D eigenvalue weighted by atomic mass is 32.1. The summed E-state index contributed by atoms with van der Waals surface area (Å²) in [6, 6.07) is 5.83. The molecule has 1 aliphatic heterocycles. The van der Waals surface area contributed by atoms with E-state index in [0.29, 0.717) is 21.7 Å². The molecule has 1 fully saturated rings. The Kier molecular flexibility index (Phi) is 4.99. The van der Waals surface area contributed by atoms with E-state index in [1.165, 1.54) is 24.2 Å². The van der Waals surface area contributed by atoms with Gasteiger partial charge in [0.15, 0.2) is 5.13 Å². The van der Waals surface area contributed by atoms with Gasteiger partial charge in [0.05, 0.1) is 23.6 Å². The maximum absolute atomic E-state index is 12.8. The molecule has 0 spiro atoms. The van der Waals surface area contributed by atoms with E-state index in [0.717, 1.165) is 41.1 Å². The van der Waals surface area contributed by atoms with E-state index < -0.39 is 0 Å². The lowest BCUT2D eigenvalue weighted by Crippen LogP contribution is -2.19. The van der Waals surface area contributed by atoms with Crippen molar-refractivity contribution in [3.05, 3.63) is 46.9 Å². The largest absolute Gasteiger partial charge is 0.356 e. The fraction of sp³-hybridized carbons (Fsp3) is 0.286. The molecule has 5 rings (SSSR count). The minimum Gasteiger partial charge on any atom is -0.356 e. The summed E-state index contributed by atoms with van der Waals surface area (Å²) < 4.78 is 0. The van der Waals surface area contributed by atoms with Gasteiger partial charge in [-0.1, -0.05) is 17.4 Å². The Bertz CT molecular complexity index is 1260. The normalized spacial score (nSPS) is 13.7. The van der Waals surface area contributed by atoms with Gasteiger partial charge in [-0.3, -0.25) is 9.89 Å². The second-order valence-electron chi connectivity index (χ2n) is 7.55. The van der Waals surface area contributed by atoms with Gasteiger partial charge in [-0.05, 0) is 38.3 Å². The Balaban J connectivity index is 1.34. The van der Waals surface area contributed by atoms with E-state index in [4.69, 9.17) is 0 Å². The average Bonchev–Trinajstić information content (AvgIpc) is 3.51. The third-order valence-electron chi connectivity index (χ3n) is 5.29. The molecule has 0 bridgehead atoms. The van der Waals surface area contributed by atoms with Crippen molar-refractivity contribution in [1.82, 2.24) is 25.1 Å². The van der Waals surface area contributed by atoms with Crippen LogP contribution in [0.3, 0.4) is 0 Å². The average molecular weight is 435 g/mol. The molecule has 10 heteroatoms. The van der Waals surface area contributed by atoms with Crippen molar-refractivity contribution in [2.24, 2.45) is 0 Å². The molecule has 3 aromatic heterocycles. The molecule has 9 nitrogen and oxygen atoms in total. The minimum atomic E-state index is -0.209. The highest BCUT2D eigenvalue weighted by Gasteiger charge is 2.17. The maximum atomic E-state index is 12.8. The molecule has 4 heterocycles. The number of fused-ring (bicyclic) bond motifs is 1. The maximum Gasteiger partial charge on any atom is 0.267 e. The zero-order chi connectivity index (χ0) is 21.4. The summed E-state index contributed by atoms with van der Waals surface area (Å²) >= 11 is 1.28. The van der Waals surface area contributed by atoms with Crippen LogP contribution in [0.4, 0.5) is 22.5 Å². The molecule has 1 aliphatic rings. The molecule has 1 saturated heterocycles. The number of hydrogen-bond donors (Lipinski definition) is 3. The first-order chi connectivity index (χ1) is 15.1. The van der Waals surface area contributed by atoms with Gasteiger partial charge in [0.25, 0.3) is 5.91 Å². The molecule has 4 aromatic rings. The zero-order valence-corrected chi connectivity index (χ0v) is 18.1. The monoisotopic (exact) mass is 434 g/mol. The van der Waals surface area contributed by atoms with E-state index in [1.54, 1.807) is 12.4 Å². The number of aryl methyl sites for hydroxylation is 2. The van der Waals surface area contributed by atoms with Gasteiger partial charge >= 0.3 is 0 Å². The van der Waals surface area contributed by atoms with Crippen LogP contribution in [0.1, 0.15) is 33.9 Å². The molecular weight excluding hydrogens is 412 g/mol. The van der Waals surface area contributed by atoms with Crippen molar-refractivity contribution >= 4 is 50.6 Å². The lowest BCUT2D eigenvalue weighted by atomic mass is 10.1. The first-order valence-electron chi connectivity index (χ1n) is 10.1. The van der Waals surface area contributed by atoms with Gasteiger partial charge in [-0.2, -0.15) is 5.10 Å². The summed E-state index contributed by atoms with van der Waals surface area (Å²) in [5.41, 5.74) is 2.59. The standard InChI is InChI=1S/C21H22N8OS/c1-12-5-6-15-14(10-23-28-15)19(12)27-20(30)16-11-22-21(31-16)26-17-9-18(25-13(2)24-17)29-7-3-4-8-29/h5-6,9-11H,3-4,7-8H2,1-2H3,(H,23,28)(H,27,30)(H,22,24,25,26). The van der Waals surface area contributed by atoms with Gasteiger partial charge in [0.1, 0.15) is 22.3 Å². The lowest BCUT2D eigenvalue weighted by molar-refractivity contribution is 0.103. The molecule has 0 unspecified atom stereocenters. The Morgan fingerprint density at radius 2 is 2.00 bits per heavy atom. The van der Waals surface area contributed by atoms with Gasteiger partial charge in [0.2, 0.25) is 0 Å². The van der Waals surface area contributed by atoms with E-state index in [1.807, 2.05) is 32.0 Å². The number of carbonyl (C=O) groups excluding carboxylic acids is 1. The number of anilines is 4. The number of nitrogens with zero attached hydrogens (tertiary/aromatic N) is 5. The number of nitrogens with one attached hydrogen (secondary N) is 3. The predicted octanol–water partition coefficient (Wildman–Crippen LogP) is 4.02. The number of hydrogen-bond acceptors (Lipinski definition) is 8. The SMILES string of the molecule is Cc1nc(Nc2ncc(C(=O)Nc3c(C)ccc4[nH]ncc34)s2)cc(N2CCCC2)n1. The number of carbonyl (C=O) groups is 1. The van der Waals surface area contributed by atoms with E-state index in [-0.39, 0.29) is 5.91 Å². The van der Waals surface area contributed by atoms with Crippen LogP contribution in [-0.4, -0.2) is 44.1 Å². The molecule has 0 radical (unpaired) electrons. The van der Waals surface area contributed by atoms with Crippen molar-refractivity contribution < 1.29 is 4.79 Å². The Morgan fingerprint density at radius 3 is 2.84 bits per heavy atom. The molecular formula is C21H22N8OS. The first kappa shape index (κ1) is 19.4. The number of thiazole rings is 1. The topological polar surface area (TPSA) is 112 Å². The van der Waals surface area contributed by atoms with Crippen molar-refractivity contribution in [2.75, 3.05) is 28.6 Å². The summed E-state index contributed by atoms with van der Waals surface area (Å²) in [7, 11) is 0. The van der Waals surface area contributed by atoms with E-state index >= 15 is 0 Å². The van der Waals surface area contributed by atoms with Gasteiger partial charge < -0.3 is 15.5 Å². The second kappa shape index (κ2) is 7.95. The second-order valence-corrected chi connectivity index (χ2v) is 8.58. The lowest BCUT2D eigenvalue weighted by Gasteiger charge is -2.17. The Labute approximate surface area is 182 Å². The van der Waals surface area contributed by atoms with Gasteiger partial charge in [-0.15, -0.1) is 0 Å². The van der Waals surface area contributed by atoms with Crippen LogP contribution in [0.25, 0.3) is 10.9 Å². The number of aromatic nitrogens is 5. The summed E-state index contributed by atoms with van der Waals surface area (Å²) in [5, 5.41) is 14.7. The fourth-order valence-electron chi connectivity index (χ4n) is 3.74. The molecule has 3 N–H and O–H groups in total. The van der Waals surface area contributed by atoms with Crippen LogP contribution < -0.4 is 15.5 Å². The highest BCUT2D eigenvalue weighted by Crippen LogP contribution is 2.29. The molecule has 1 aromatic carbocycles. The van der Waals surface area contributed by atoms with Crippen LogP contribution in [0, 0.1) is 13.8 Å². The van der Waals surface area contributed by atoms with Crippen molar-refractivity contribution in [3.8, 4) is 0 Å². The van der Waals surface area contributed by atoms with Crippen LogP contribution >= 0.6 is 11.3 Å². The smallest absolute Gasteiger partial charge is 0.267 e. The van der Waals surface area contributed by atoms with Crippen LogP contribution in [0.2, 0.25) is 0 Å². The van der Waals surface area contributed by atoms with Crippen LogP contribution in [-0.2, 0) is 0 Å². The molecule has 0 saturated carbocycles. The summed E-state index contributed by atoms with van der Waals surface area (Å²) in [6.45, 7) is 5.86. The highest BCUT2D eigenvalue weighted by molar-refractivity contribution is 7.17. The summed E-state index contributed by atoms with van der Waals surface area (Å²) in [4.78, 5) is 29.0. The summed E-state index contributed by atoms with van der Waals surface area (Å²) in [5.74, 6) is 2.09. The quantitative estimate of drug-likeness (QED) is 0.435. The van der Waals surface area contributed by atoms with Crippen LogP contribution in [0.5, 0.6) is 0 Å². The van der Waals surface area contributed by atoms with E-state index in [2.05, 4.69) is 40.7 Å². The van der Waals surface area contributed by atoms with Crippen molar-refractivity contribution in [3.63, 3.8) is 0 Å². The number of rotatable bonds is 5. The first-order valence-corrected chi connectivity index (χ1v) is 11.0. The van der Waals surface area contributed by atoms with E-state index in [9.17, 15) is 4.79 Å². The number of aromatic amines is 1. The number of amides is 1. The molecule has 1 amide bonds. The Hall–Kier alpha value is -3.53. The predicted molar refractivity (Wildman–Crippen MR) is 122 cm³/mol. The molecule has 0 aliphatic carbocycles. The summed E-state index contributed by atoms with van der Waals surface area (Å²) in [6.07, 6.45) is 5.65. The number of benzene rings is 1. The number of H-pyrrole nitrogens is 1. The third-order valence-corrected chi connectivity index (χ3v) is 6.20. The minimum absolute atomic E-state index is 0.209.